The lowest BCUT2D eigenvalue weighted by atomic mass is 10.2. The third-order valence-electron chi connectivity index (χ3n) is 3.14. The topological polar surface area (TPSA) is 200 Å². The van der Waals surface area contributed by atoms with Gasteiger partial charge >= 0.3 is 29.9 Å². The summed E-state index contributed by atoms with van der Waals surface area (Å²) in [6.45, 7) is -11.8. The summed E-state index contributed by atoms with van der Waals surface area (Å²) in [6, 6.07) is 0. The predicted molar refractivity (Wildman–Crippen MR) is 73.2 cm³/mol. The molecule has 0 bridgehead atoms. The highest BCUT2D eigenvalue weighted by Gasteiger charge is 2.73. The number of hydrogen-bond acceptors (Lipinski definition) is 11. The molecule has 0 amide bonds. The Morgan fingerprint density at radius 3 is 1.09 bits per heavy atom. The Morgan fingerprint density at radius 1 is 0.576 bits per heavy atom. The van der Waals surface area contributed by atoms with Gasteiger partial charge in [0.25, 0.3) is 6.48 Å². The van der Waals surface area contributed by atoms with E-state index in [2.05, 4.69) is 14.2 Å². The molecule has 0 aromatic carbocycles. The molecule has 0 aromatic heterocycles. The number of nitrogens with zero attached hydrogens (tertiary/aromatic N) is 4. The fourth-order valence-electron chi connectivity index (χ4n) is 1.31. The normalized spacial score (nSPS) is 13.8. The van der Waals surface area contributed by atoms with E-state index >= 15 is 0 Å². The zero-order valence-corrected chi connectivity index (χ0v) is 14.9. The smallest absolute Gasteiger partial charge is 0.323 e. The quantitative estimate of drug-likeness (QED) is 0.106. The molecule has 0 saturated heterocycles. The lowest BCUT2D eigenvalue weighted by molar-refractivity contribution is -0.837. The molecule has 0 atom stereocenters. The van der Waals surface area contributed by atoms with Gasteiger partial charge in [-0.1, -0.05) is 8.78 Å². The number of alkyl halides is 9. The molecule has 0 fully saturated rings. The van der Waals surface area contributed by atoms with Gasteiger partial charge in [-0.25, -0.2) is 0 Å². The Balaban J connectivity index is 5.80. The highest BCUT2D eigenvalue weighted by Crippen LogP contribution is 2.46. The molecular weight excluding hydrogens is 511 g/mol. The molecule has 0 aliphatic rings. The minimum Gasteiger partial charge on any atom is -0.323 e. The van der Waals surface area contributed by atoms with Crippen LogP contribution in [0.2, 0.25) is 0 Å². The molecule has 0 spiro atoms. The van der Waals surface area contributed by atoms with Crippen molar-refractivity contribution in [1.82, 2.24) is 0 Å². The van der Waals surface area contributed by atoms with Crippen LogP contribution < -0.4 is 0 Å². The van der Waals surface area contributed by atoms with Crippen molar-refractivity contribution in [2.24, 2.45) is 0 Å². The molecule has 0 N–H and O–H groups in total. The summed E-state index contributed by atoms with van der Waals surface area (Å²) in [5, 5.41) is 41.5. The lowest BCUT2D eigenvalue weighted by Crippen LogP contribution is -2.55. The second-order valence-corrected chi connectivity index (χ2v) is 5.46. The molecule has 0 aliphatic heterocycles. The van der Waals surface area contributed by atoms with Crippen LogP contribution >= 0.6 is 0 Å². The first-order valence-corrected chi connectivity index (χ1v) is 7.19. The Labute approximate surface area is 171 Å². The Hall–Kier alpha value is -3.15. The van der Waals surface area contributed by atoms with Crippen molar-refractivity contribution in [3.05, 3.63) is 40.5 Å². The third-order valence-corrected chi connectivity index (χ3v) is 3.14. The molecule has 0 saturated carbocycles. The van der Waals surface area contributed by atoms with Gasteiger partial charge in [0.05, 0.1) is 0 Å². The number of ether oxygens (including phenoxy) is 3. The standard InChI is InChI=1S/C9H7F9N4O11/c10-5(11,8(14,15)9(16,17)18)1-31-4(32-2-6(12,19(23)24)20(25)26)33-3-7(13,21(27)28)22(29)30/h4H,1-3H2. The van der Waals surface area contributed by atoms with Crippen LogP contribution in [-0.4, -0.2) is 75.8 Å². The van der Waals surface area contributed by atoms with E-state index in [1.165, 1.54) is 0 Å². The molecule has 15 nitrogen and oxygen atoms in total. The Bertz CT molecular complexity index is 709. The van der Waals surface area contributed by atoms with Crippen molar-refractivity contribution in [3.8, 4) is 0 Å². The maximum atomic E-state index is 13.6. The SMILES string of the molecule is O=[N+]([O-])C(F)(COC(OCC(F)([N+](=O)[O-])[N+](=O)[O-])OCC(F)(F)C(F)(F)C(F)(F)F)[N+](=O)[O-]. The van der Waals surface area contributed by atoms with Crippen molar-refractivity contribution >= 4 is 0 Å². The molecule has 0 unspecified atom stereocenters. The van der Waals surface area contributed by atoms with Crippen molar-refractivity contribution < 1.29 is 73.4 Å². The number of rotatable bonds is 14. The van der Waals surface area contributed by atoms with E-state index in [0.29, 0.717) is 0 Å². The van der Waals surface area contributed by atoms with Crippen LogP contribution in [0.15, 0.2) is 0 Å². The molecule has 0 rings (SSSR count). The molecule has 192 valence electrons. The van der Waals surface area contributed by atoms with Crippen LogP contribution in [0.5, 0.6) is 0 Å². The maximum absolute atomic E-state index is 13.6. The van der Waals surface area contributed by atoms with Crippen LogP contribution in [0, 0.1) is 40.5 Å². The fraction of sp³-hybridized carbons (Fsp3) is 1.00. The first-order chi connectivity index (χ1) is 14.6. The molecule has 24 heteroatoms. The minimum absolute atomic E-state index is 2.33. The largest absolute Gasteiger partial charge is 0.637 e. The van der Waals surface area contributed by atoms with Gasteiger partial charge in [-0.2, -0.15) is 30.7 Å². The van der Waals surface area contributed by atoms with E-state index in [0.717, 1.165) is 0 Å². The van der Waals surface area contributed by atoms with Crippen LogP contribution in [0.3, 0.4) is 0 Å². The number of halogens is 9. The predicted octanol–water partition coefficient (Wildman–Crippen LogP) is 1.51. The summed E-state index contributed by atoms with van der Waals surface area (Å²) in [5.74, 6) is -22.8. The van der Waals surface area contributed by atoms with Crippen LogP contribution in [0.4, 0.5) is 39.5 Å². The van der Waals surface area contributed by atoms with Gasteiger partial charge in [-0.3, -0.25) is 40.5 Å². The van der Waals surface area contributed by atoms with E-state index in [1.54, 1.807) is 0 Å². The molecule has 0 aliphatic carbocycles. The molecular formula is C9H7F9N4O11. The van der Waals surface area contributed by atoms with Gasteiger partial charge in [0, 0.05) is 0 Å². The first kappa shape index (κ1) is 29.9. The van der Waals surface area contributed by atoms with Gasteiger partial charge < -0.3 is 14.2 Å². The Morgan fingerprint density at radius 2 is 0.848 bits per heavy atom. The number of nitro groups is 4. The monoisotopic (exact) mass is 518 g/mol. The first-order valence-electron chi connectivity index (χ1n) is 7.19. The lowest BCUT2D eigenvalue weighted by Gasteiger charge is -2.29. The summed E-state index contributed by atoms with van der Waals surface area (Å²) in [5.41, 5.74) is 0. The van der Waals surface area contributed by atoms with E-state index in [4.69, 9.17) is 0 Å². The average molecular weight is 518 g/mol. The van der Waals surface area contributed by atoms with Crippen molar-refractivity contribution in [2.75, 3.05) is 19.8 Å². The van der Waals surface area contributed by atoms with Crippen LogP contribution in [0.25, 0.3) is 0 Å². The van der Waals surface area contributed by atoms with E-state index in [-0.39, 0.29) is 0 Å². The zero-order chi connectivity index (χ0) is 26.6. The molecule has 33 heavy (non-hydrogen) atoms. The summed E-state index contributed by atoms with van der Waals surface area (Å²) >= 11 is 0. The third kappa shape index (κ3) is 6.44. The average Bonchev–Trinajstić information content (AvgIpc) is 2.64. The van der Waals surface area contributed by atoms with E-state index < -0.39 is 75.8 Å². The van der Waals surface area contributed by atoms with Crippen LogP contribution in [-0.2, 0) is 14.2 Å². The van der Waals surface area contributed by atoms with E-state index in [9.17, 15) is 80.0 Å². The molecule has 0 aromatic rings. The van der Waals surface area contributed by atoms with Gasteiger partial charge in [0.2, 0.25) is 13.2 Å². The van der Waals surface area contributed by atoms with Crippen LogP contribution in [0.1, 0.15) is 0 Å². The summed E-state index contributed by atoms with van der Waals surface area (Å²) < 4.78 is 126. The van der Waals surface area contributed by atoms with Gasteiger partial charge in [-0.05, 0) is 0 Å². The summed E-state index contributed by atoms with van der Waals surface area (Å²) in [7, 11) is 0. The fourth-order valence-corrected chi connectivity index (χ4v) is 1.31. The van der Waals surface area contributed by atoms with Gasteiger partial charge in [0.15, 0.2) is 0 Å². The summed E-state index contributed by atoms with van der Waals surface area (Å²) in [6.07, 6.45) is -6.91. The van der Waals surface area contributed by atoms with Crippen molar-refractivity contribution in [2.45, 2.75) is 36.3 Å². The van der Waals surface area contributed by atoms with Gasteiger partial charge in [0.1, 0.15) is 26.3 Å². The second kappa shape index (κ2) is 9.77. The number of hydrogen-bond donors (Lipinski definition) is 0. The van der Waals surface area contributed by atoms with Crippen molar-refractivity contribution in [3.63, 3.8) is 0 Å². The minimum atomic E-state index is -6.91. The zero-order valence-electron chi connectivity index (χ0n) is 14.9. The Kier molecular flexibility index (Phi) is 8.84. The maximum Gasteiger partial charge on any atom is 0.637 e. The summed E-state index contributed by atoms with van der Waals surface area (Å²) in [4.78, 5) is 32.2. The highest BCUT2D eigenvalue weighted by atomic mass is 19.4. The van der Waals surface area contributed by atoms with Crippen molar-refractivity contribution in [1.29, 1.82) is 0 Å². The van der Waals surface area contributed by atoms with E-state index in [1.807, 2.05) is 0 Å². The second-order valence-electron chi connectivity index (χ2n) is 5.46. The highest BCUT2D eigenvalue weighted by molar-refractivity contribution is 4.90. The molecule has 0 heterocycles. The molecule has 0 radical (unpaired) electrons. The van der Waals surface area contributed by atoms with Gasteiger partial charge in [-0.15, -0.1) is 0 Å².